The molecule has 0 aliphatic carbocycles. The Bertz CT molecular complexity index is 7720. The van der Waals surface area contributed by atoms with E-state index in [1.807, 2.05) is 146 Å². The van der Waals surface area contributed by atoms with Crippen molar-refractivity contribution < 1.29 is 31.4 Å². The van der Waals surface area contributed by atoms with Crippen LogP contribution in [-0.2, 0) is 0 Å². The molecular weight excluding hydrogens is 1290 g/mol. The van der Waals surface area contributed by atoms with Crippen LogP contribution in [0.15, 0.2) is 381 Å². The Morgan fingerprint density at radius 2 is 0.453 bits per heavy atom. The third-order valence-corrected chi connectivity index (χ3v) is 20.7. The van der Waals surface area contributed by atoms with Crippen molar-refractivity contribution in [1.29, 1.82) is 0 Å². The molecule has 0 saturated heterocycles. The Hall–Kier alpha value is -13.8. The van der Waals surface area contributed by atoms with E-state index in [1.165, 1.54) is 0 Å². The minimum Gasteiger partial charge on any atom is -0.456 e. The largest absolute Gasteiger partial charge is 0.456 e. The molecule has 0 aliphatic rings. The van der Waals surface area contributed by atoms with Gasteiger partial charge in [0.25, 0.3) is 0 Å². The molecule has 0 fully saturated rings. The summed E-state index contributed by atoms with van der Waals surface area (Å²) in [4.78, 5) is 0. The zero-order valence-corrected chi connectivity index (χ0v) is 55.5. The highest BCUT2D eigenvalue weighted by Crippen LogP contribution is 2.51. The summed E-state index contributed by atoms with van der Waals surface area (Å²) in [6, 6.07) is 99.7. The Morgan fingerprint density at radius 1 is 0.170 bits per heavy atom. The van der Waals surface area contributed by atoms with E-state index in [9.17, 15) is 0 Å². The summed E-state index contributed by atoms with van der Waals surface area (Å²) in [7, 11) is 0. The number of fused-ring (bicyclic) bond motifs is 16. The molecule has 106 heavy (non-hydrogen) atoms. The molecular formula is C102H68O4. The molecule has 500 valence electrons. The molecule has 22 rings (SSSR count). The van der Waals surface area contributed by atoms with Crippen molar-refractivity contribution in [3.05, 3.63) is 364 Å². The van der Waals surface area contributed by atoms with E-state index in [0.29, 0.717) is 11.1 Å². The summed E-state index contributed by atoms with van der Waals surface area (Å²) < 4.78 is 112. The zero-order chi connectivity index (χ0) is 77.1. The highest BCUT2D eigenvalue weighted by molar-refractivity contribution is 6.25. The molecule has 4 heteroatoms. The van der Waals surface area contributed by atoms with Gasteiger partial charge >= 0.3 is 0 Å². The van der Waals surface area contributed by atoms with Gasteiger partial charge in [-0.3, -0.25) is 0 Å². The molecule has 4 heterocycles. The van der Waals surface area contributed by atoms with Crippen LogP contribution in [0.5, 0.6) is 0 Å². The van der Waals surface area contributed by atoms with Gasteiger partial charge in [0.1, 0.15) is 44.7 Å². The summed E-state index contributed by atoms with van der Waals surface area (Å²) >= 11 is 0. The molecule has 0 unspecified atom stereocenters. The lowest BCUT2D eigenvalue weighted by molar-refractivity contribution is 0.668. The predicted octanol–water partition coefficient (Wildman–Crippen LogP) is 30.2. The highest BCUT2D eigenvalue weighted by Gasteiger charge is 2.25. The first-order valence-corrected chi connectivity index (χ1v) is 34.7. The first-order valence-electron chi connectivity index (χ1n) is 39.7. The number of rotatable bonds is 8. The third kappa shape index (κ3) is 10.1. The number of benzene rings is 18. The molecule has 4 nitrogen and oxygen atoms in total. The Morgan fingerprint density at radius 3 is 0.868 bits per heavy atom. The van der Waals surface area contributed by atoms with Crippen LogP contribution in [-0.4, -0.2) is 0 Å². The topological polar surface area (TPSA) is 52.6 Å². The highest BCUT2D eigenvalue weighted by atomic mass is 16.3. The lowest BCUT2D eigenvalue weighted by atomic mass is 9.84. The van der Waals surface area contributed by atoms with Crippen LogP contribution < -0.4 is 0 Å². The van der Waals surface area contributed by atoms with Crippen LogP contribution >= 0.6 is 0 Å². The standard InChI is InChI=1S/2C50H30O2.2CH4/c1-2-13-31(14-3-1)47-37-18-4-6-20-39(37)48(40-21-7-5-19-38(40)47)33-15-12-16-34(29-33)49-35(26-28-46-50(49)41-22-9-11-24-44(41)52-46)32-25-27-45-42(30-32)36-17-8-10-23-43(36)51-45;1-2-13-31(14-3-1)47-38-18-4-6-20-40(38)48(41-21-7-5-19-39(41)47)33-15-12-16-34(29-33)49-35(27-28-45-50(49)42-22-9-11-24-44(42)51-45)32-25-26-37-36-17-8-10-23-43(36)52-46(37)30-32;;/h2*1-30H;2*1H4/i2*1D,2D,3D,13D,14D;;. The average molecular weight is 1370 g/mol. The van der Waals surface area contributed by atoms with Crippen LogP contribution in [0.4, 0.5) is 0 Å². The van der Waals surface area contributed by atoms with Gasteiger partial charge in [-0.2, -0.15) is 0 Å². The van der Waals surface area contributed by atoms with E-state index in [2.05, 4.69) is 158 Å². The Balaban J connectivity index is 0.000000152. The van der Waals surface area contributed by atoms with E-state index in [1.54, 1.807) is 0 Å². The van der Waals surface area contributed by atoms with E-state index >= 15 is 0 Å². The molecule has 22 aromatic rings. The van der Waals surface area contributed by atoms with Gasteiger partial charge in [-0.1, -0.05) is 306 Å². The van der Waals surface area contributed by atoms with Crippen molar-refractivity contribution in [3.8, 4) is 89.0 Å². The molecule has 4 aromatic heterocycles. The minimum atomic E-state index is -0.409. The second-order valence-electron chi connectivity index (χ2n) is 26.4. The van der Waals surface area contributed by atoms with Crippen LogP contribution in [0, 0.1) is 0 Å². The fourth-order valence-electron chi connectivity index (χ4n) is 16.3. The van der Waals surface area contributed by atoms with Gasteiger partial charge in [0.15, 0.2) is 0 Å². The molecule has 18 aromatic carbocycles. The summed E-state index contributed by atoms with van der Waals surface area (Å²) in [6.45, 7) is 0. The molecule has 0 spiro atoms. The lowest BCUT2D eigenvalue weighted by Crippen LogP contribution is -1.92. The second kappa shape index (κ2) is 25.6. The molecule has 0 saturated carbocycles. The summed E-state index contributed by atoms with van der Waals surface area (Å²) in [6.07, 6.45) is 0. The first-order chi connectivity index (χ1) is 55.7. The average Bonchev–Trinajstić information content (AvgIpc) is 1.14. The van der Waals surface area contributed by atoms with Crippen molar-refractivity contribution >= 4 is 131 Å². The van der Waals surface area contributed by atoms with E-state index in [-0.39, 0.29) is 74.3 Å². The number of hydrogen-bond acceptors (Lipinski definition) is 4. The van der Waals surface area contributed by atoms with Gasteiger partial charge < -0.3 is 17.7 Å². The Kier molecular flexibility index (Phi) is 12.8. The number of para-hydroxylation sites is 4. The molecule has 0 aliphatic heterocycles. The zero-order valence-electron chi connectivity index (χ0n) is 65.5. The fraction of sp³-hybridized carbons (Fsp3) is 0.0196. The van der Waals surface area contributed by atoms with Gasteiger partial charge in [0.05, 0.1) is 13.7 Å². The van der Waals surface area contributed by atoms with Crippen LogP contribution in [0.2, 0.25) is 0 Å². The molecule has 0 atom stereocenters. The fourth-order valence-corrected chi connectivity index (χ4v) is 16.3. The maximum atomic E-state index is 8.96. The van der Waals surface area contributed by atoms with Crippen molar-refractivity contribution in [2.45, 2.75) is 14.9 Å². The van der Waals surface area contributed by atoms with Gasteiger partial charge in [-0.05, 0) is 194 Å². The number of hydrogen-bond donors (Lipinski definition) is 0. The summed E-state index contributed by atoms with van der Waals surface area (Å²) in [5.74, 6) is 0. The quantitative estimate of drug-likeness (QED) is 0.142. The Labute approximate surface area is 626 Å². The normalized spacial score (nSPS) is 12.9. The predicted molar refractivity (Wildman–Crippen MR) is 449 cm³/mol. The van der Waals surface area contributed by atoms with Crippen molar-refractivity contribution in [2.75, 3.05) is 0 Å². The van der Waals surface area contributed by atoms with Gasteiger partial charge in [-0.25, -0.2) is 0 Å². The van der Waals surface area contributed by atoms with E-state index in [4.69, 9.17) is 31.4 Å². The van der Waals surface area contributed by atoms with Gasteiger partial charge in [0.2, 0.25) is 0 Å². The lowest BCUT2D eigenvalue weighted by Gasteiger charge is -2.19. The van der Waals surface area contributed by atoms with Gasteiger partial charge in [0, 0.05) is 54.2 Å². The maximum Gasteiger partial charge on any atom is 0.136 e. The van der Waals surface area contributed by atoms with E-state index < -0.39 is 12.1 Å². The number of furan rings is 4. The maximum absolute atomic E-state index is 8.96. The monoisotopic (exact) mass is 1370 g/mol. The molecule has 0 N–H and O–H groups in total. The van der Waals surface area contributed by atoms with Crippen molar-refractivity contribution in [1.82, 2.24) is 0 Å². The van der Waals surface area contributed by atoms with Crippen molar-refractivity contribution in [2.24, 2.45) is 0 Å². The smallest absolute Gasteiger partial charge is 0.136 e. The van der Waals surface area contributed by atoms with Crippen LogP contribution in [0.3, 0.4) is 0 Å². The van der Waals surface area contributed by atoms with Crippen LogP contribution in [0.25, 0.3) is 220 Å². The van der Waals surface area contributed by atoms with Gasteiger partial charge in [-0.15, -0.1) is 0 Å². The van der Waals surface area contributed by atoms with Crippen LogP contribution in [0.1, 0.15) is 28.6 Å². The van der Waals surface area contributed by atoms with E-state index in [0.717, 1.165) is 198 Å². The second-order valence-corrected chi connectivity index (χ2v) is 26.4. The molecule has 0 radical (unpaired) electrons. The SMILES string of the molecule is C.C.[2H]c1c([2H])c([2H])c(-c2c3ccccc3c(-c3cccc(-c4c(-c5ccc6c(c5)oc5ccccc56)ccc5oc6ccccc6c45)c3)c3ccccc23)c([2H])c1[2H].[2H]c1c([2H])c([2H])c(-c2c3ccccc3c(-c3cccc(-c4c(-c5ccc6oc7ccccc7c6c5)ccc5oc6ccccc6c45)c3)c3ccccc23)c([2H])c1[2H]. The first kappa shape index (κ1) is 53.1. The van der Waals surface area contributed by atoms with Crippen molar-refractivity contribution in [3.63, 3.8) is 0 Å². The summed E-state index contributed by atoms with van der Waals surface area (Å²) in [5.41, 5.74) is 20.5. The molecule has 0 bridgehead atoms. The molecule has 0 amide bonds. The minimum absolute atomic E-state index is 0. The summed E-state index contributed by atoms with van der Waals surface area (Å²) in [5, 5.41) is 15.3. The third-order valence-electron chi connectivity index (χ3n) is 20.7.